The number of hydrogen-bond acceptors (Lipinski definition) is 4. The van der Waals surface area contributed by atoms with Gasteiger partial charge in [-0.25, -0.2) is 0 Å². The fraction of sp³-hybridized carbons (Fsp3) is 0.571. The molecule has 0 aromatic heterocycles. The van der Waals surface area contributed by atoms with Crippen molar-refractivity contribution in [2.45, 2.75) is 39.3 Å². The summed E-state index contributed by atoms with van der Waals surface area (Å²) in [6.45, 7) is 5.15. The molecular formula is C14H22N2O3. The van der Waals surface area contributed by atoms with Gasteiger partial charge in [-0.1, -0.05) is 25.5 Å². The average molecular weight is 266 g/mol. The predicted molar refractivity (Wildman–Crippen MR) is 75.2 cm³/mol. The first-order valence-corrected chi connectivity index (χ1v) is 6.54. The molecule has 1 N–H and O–H groups in total. The molecule has 106 valence electrons. The summed E-state index contributed by atoms with van der Waals surface area (Å²) < 4.78 is 5.16. The molecule has 0 aliphatic rings. The lowest BCUT2D eigenvalue weighted by Gasteiger charge is -2.17. The molecule has 1 rings (SSSR count). The summed E-state index contributed by atoms with van der Waals surface area (Å²) in [6.07, 6.45) is 2.11. The Hall–Kier alpha value is -1.46. The lowest BCUT2D eigenvalue weighted by molar-refractivity contribution is -0.385. The van der Waals surface area contributed by atoms with Gasteiger partial charge in [0.2, 0.25) is 0 Å². The molecule has 0 fully saturated rings. The van der Waals surface area contributed by atoms with Crippen molar-refractivity contribution in [3.05, 3.63) is 39.4 Å². The first kappa shape index (κ1) is 15.6. The Bertz CT molecular complexity index is 415. The number of hydrogen-bond donors (Lipinski definition) is 1. The van der Waals surface area contributed by atoms with Crippen molar-refractivity contribution < 1.29 is 9.66 Å². The van der Waals surface area contributed by atoms with Gasteiger partial charge < -0.3 is 10.1 Å². The molecular weight excluding hydrogens is 244 g/mol. The van der Waals surface area contributed by atoms with E-state index in [0.29, 0.717) is 18.7 Å². The zero-order valence-electron chi connectivity index (χ0n) is 11.8. The fourth-order valence-corrected chi connectivity index (χ4v) is 2.02. The zero-order valence-corrected chi connectivity index (χ0v) is 11.8. The number of nitro groups is 1. The van der Waals surface area contributed by atoms with Crippen molar-refractivity contribution in [2.75, 3.05) is 13.7 Å². The van der Waals surface area contributed by atoms with Crippen molar-refractivity contribution >= 4 is 5.69 Å². The van der Waals surface area contributed by atoms with Gasteiger partial charge in [-0.2, -0.15) is 0 Å². The van der Waals surface area contributed by atoms with E-state index in [1.807, 2.05) is 6.07 Å². The van der Waals surface area contributed by atoms with Crippen LogP contribution < -0.4 is 5.32 Å². The Morgan fingerprint density at radius 2 is 2.21 bits per heavy atom. The Labute approximate surface area is 114 Å². The van der Waals surface area contributed by atoms with Crippen LogP contribution in [0.5, 0.6) is 0 Å². The van der Waals surface area contributed by atoms with E-state index in [4.69, 9.17) is 4.74 Å². The molecule has 0 saturated carbocycles. The Morgan fingerprint density at radius 1 is 1.47 bits per heavy atom. The highest BCUT2D eigenvalue weighted by Crippen LogP contribution is 2.19. The minimum absolute atomic E-state index is 0.179. The third-order valence-corrected chi connectivity index (χ3v) is 3.07. The maximum atomic E-state index is 10.9. The van der Waals surface area contributed by atoms with E-state index in [1.54, 1.807) is 26.2 Å². The number of benzene rings is 1. The van der Waals surface area contributed by atoms with E-state index < -0.39 is 0 Å². The second-order valence-corrected chi connectivity index (χ2v) is 4.70. The predicted octanol–water partition coefficient (Wildman–Crippen LogP) is 2.81. The lowest BCUT2D eigenvalue weighted by Crippen LogP contribution is -2.32. The van der Waals surface area contributed by atoms with Gasteiger partial charge in [-0.05, 0) is 18.9 Å². The van der Waals surface area contributed by atoms with E-state index in [0.717, 1.165) is 18.4 Å². The summed E-state index contributed by atoms with van der Waals surface area (Å²) >= 11 is 0. The van der Waals surface area contributed by atoms with E-state index in [-0.39, 0.29) is 16.7 Å². The Morgan fingerprint density at radius 3 is 2.79 bits per heavy atom. The van der Waals surface area contributed by atoms with Gasteiger partial charge in [0.05, 0.1) is 11.5 Å². The number of nitro benzene ring substituents is 1. The molecule has 0 aliphatic carbocycles. The van der Waals surface area contributed by atoms with Crippen molar-refractivity contribution in [3.8, 4) is 0 Å². The number of nitrogens with zero attached hydrogens (tertiary/aromatic N) is 1. The summed E-state index contributed by atoms with van der Waals surface area (Å²) in [5.41, 5.74) is 1.79. The minimum Gasteiger partial charge on any atom is -0.383 e. The van der Waals surface area contributed by atoms with Crippen molar-refractivity contribution in [1.29, 1.82) is 0 Å². The van der Waals surface area contributed by atoms with E-state index in [2.05, 4.69) is 12.2 Å². The van der Waals surface area contributed by atoms with Crippen LogP contribution in [-0.2, 0) is 11.3 Å². The largest absolute Gasteiger partial charge is 0.383 e. The van der Waals surface area contributed by atoms with Crippen LogP contribution in [0.15, 0.2) is 18.2 Å². The van der Waals surface area contributed by atoms with Gasteiger partial charge in [0.1, 0.15) is 0 Å². The van der Waals surface area contributed by atoms with E-state index in [9.17, 15) is 10.1 Å². The van der Waals surface area contributed by atoms with Gasteiger partial charge in [-0.3, -0.25) is 10.1 Å². The average Bonchev–Trinajstić information content (AvgIpc) is 2.37. The number of nitrogens with one attached hydrogen (secondary N) is 1. The Kier molecular flexibility index (Phi) is 6.45. The van der Waals surface area contributed by atoms with Crippen LogP contribution in [0.25, 0.3) is 0 Å². The van der Waals surface area contributed by atoms with Crippen LogP contribution >= 0.6 is 0 Å². The van der Waals surface area contributed by atoms with Crippen molar-refractivity contribution in [1.82, 2.24) is 5.32 Å². The number of methoxy groups -OCH3 is 1. The van der Waals surface area contributed by atoms with Gasteiger partial charge in [0.15, 0.2) is 0 Å². The van der Waals surface area contributed by atoms with Crippen LogP contribution in [0.3, 0.4) is 0 Å². The molecule has 5 nitrogen and oxygen atoms in total. The highest BCUT2D eigenvalue weighted by Gasteiger charge is 2.12. The SMILES string of the molecule is CCCC(COC)NCc1ccc(C)c([N+](=O)[O-])c1. The molecule has 0 amide bonds. The molecule has 1 atom stereocenters. The van der Waals surface area contributed by atoms with Crippen LogP contribution in [0.2, 0.25) is 0 Å². The molecule has 0 saturated heterocycles. The monoisotopic (exact) mass is 266 g/mol. The van der Waals surface area contributed by atoms with Gasteiger partial charge in [0, 0.05) is 31.3 Å². The summed E-state index contributed by atoms with van der Waals surface area (Å²) in [4.78, 5) is 10.5. The van der Waals surface area contributed by atoms with Gasteiger partial charge in [-0.15, -0.1) is 0 Å². The highest BCUT2D eigenvalue weighted by atomic mass is 16.6. The summed E-state index contributed by atoms with van der Waals surface area (Å²) in [5, 5.41) is 14.3. The smallest absolute Gasteiger partial charge is 0.272 e. The molecule has 0 spiro atoms. The summed E-state index contributed by atoms with van der Waals surface area (Å²) in [7, 11) is 1.68. The van der Waals surface area contributed by atoms with Crippen molar-refractivity contribution in [2.24, 2.45) is 0 Å². The molecule has 0 heterocycles. The summed E-state index contributed by atoms with van der Waals surface area (Å²) in [6, 6.07) is 5.64. The number of aryl methyl sites for hydroxylation is 1. The van der Waals surface area contributed by atoms with Crippen LogP contribution in [0.4, 0.5) is 5.69 Å². The van der Waals surface area contributed by atoms with Crippen LogP contribution in [-0.4, -0.2) is 24.7 Å². The van der Waals surface area contributed by atoms with Crippen molar-refractivity contribution in [3.63, 3.8) is 0 Å². The topological polar surface area (TPSA) is 64.4 Å². The normalized spacial score (nSPS) is 12.4. The molecule has 19 heavy (non-hydrogen) atoms. The van der Waals surface area contributed by atoms with E-state index in [1.165, 1.54) is 0 Å². The molecule has 0 aliphatic heterocycles. The minimum atomic E-state index is -0.336. The second-order valence-electron chi connectivity index (χ2n) is 4.70. The third kappa shape index (κ3) is 4.96. The number of rotatable bonds is 8. The fourth-order valence-electron chi connectivity index (χ4n) is 2.02. The molecule has 0 radical (unpaired) electrons. The molecule has 0 bridgehead atoms. The quantitative estimate of drug-likeness (QED) is 0.580. The first-order chi connectivity index (χ1) is 9.08. The van der Waals surface area contributed by atoms with E-state index >= 15 is 0 Å². The maximum absolute atomic E-state index is 10.9. The second kappa shape index (κ2) is 7.86. The Balaban J connectivity index is 2.66. The van der Waals surface area contributed by atoms with Gasteiger partial charge in [0.25, 0.3) is 5.69 Å². The molecule has 1 unspecified atom stereocenters. The first-order valence-electron chi connectivity index (χ1n) is 6.54. The lowest BCUT2D eigenvalue weighted by atomic mass is 10.1. The third-order valence-electron chi connectivity index (χ3n) is 3.07. The highest BCUT2D eigenvalue weighted by molar-refractivity contribution is 5.42. The maximum Gasteiger partial charge on any atom is 0.272 e. The molecule has 5 heteroatoms. The number of ether oxygens (including phenoxy) is 1. The van der Waals surface area contributed by atoms with Crippen LogP contribution in [0, 0.1) is 17.0 Å². The standard InChI is InChI=1S/C14H22N2O3/c1-4-5-13(10-19-3)15-9-12-7-6-11(2)14(8-12)16(17)18/h6-8,13,15H,4-5,9-10H2,1-3H3. The zero-order chi connectivity index (χ0) is 14.3. The van der Waals surface area contributed by atoms with Crippen LogP contribution in [0.1, 0.15) is 30.9 Å². The molecule has 1 aromatic rings. The molecule has 1 aromatic carbocycles. The van der Waals surface area contributed by atoms with Gasteiger partial charge >= 0.3 is 0 Å². The summed E-state index contributed by atoms with van der Waals surface area (Å²) in [5.74, 6) is 0.